The highest BCUT2D eigenvalue weighted by molar-refractivity contribution is 6.19. The largest absolute Gasteiger partial charge is 0.507 e. The predicted octanol–water partition coefficient (Wildman–Crippen LogP) is 18.7. The van der Waals surface area contributed by atoms with Crippen LogP contribution in [0.3, 0.4) is 0 Å². The number of aromatic nitrogens is 3. The maximum Gasteiger partial charge on any atom is 0.149 e. The molecule has 0 amide bonds. The van der Waals surface area contributed by atoms with E-state index in [-0.39, 0.29) is 11.2 Å². The molecule has 356 valence electrons. The first-order valence-electron chi connectivity index (χ1n) is 25.5. The molecule has 0 aliphatic rings. The molecule has 0 atom stereocenters. The molecule has 12 rings (SSSR count). The van der Waals surface area contributed by atoms with Gasteiger partial charge in [0.25, 0.3) is 0 Å². The molecule has 0 saturated carbocycles. The molecule has 0 aliphatic heterocycles. The van der Waals surface area contributed by atoms with Gasteiger partial charge < -0.3 is 9.52 Å². The number of imidazole rings is 1. The van der Waals surface area contributed by atoms with Crippen molar-refractivity contribution in [1.82, 2.24) is 14.5 Å². The fraction of sp³-hybridized carbons (Fsp3) is 0.147. The third-order valence-corrected chi connectivity index (χ3v) is 14.6. The van der Waals surface area contributed by atoms with Crippen molar-refractivity contribution in [2.75, 3.05) is 0 Å². The zero-order valence-electron chi connectivity index (χ0n) is 42.4. The number of aromatic hydroxyl groups is 1. The Hall–Kier alpha value is -8.54. The van der Waals surface area contributed by atoms with Gasteiger partial charge >= 0.3 is 0 Å². The predicted molar refractivity (Wildman–Crippen MR) is 305 cm³/mol. The van der Waals surface area contributed by atoms with Gasteiger partial charge in [0.1, 0.15) is 22.7 Å². The van der Waals surface area contributed by atoms with Gasteiger partial charge in [0.15, 0.2) is 0 Å². The standard InChI is InChI=1S/C68H57N3O2/c1-41(2)54-36-47(43-19-10-8-11-20-43)37-55(42(3)4)64(54)46-31-32-69-58(38-46)49-33-48(34-50(35-49)68(5,6)7)53-26-18-28-60-66(53)70-67(71(60)59-27-17-16-24-51(59)44-21-12-9-13-22-44)56-39-57-63(40-61(56)72)73-62-30-29-45-23-14-15-25-52(45)65(57)62/h8-42,72H,1-7H3. The second kappa shape index (κ2) is 17.9. The summed E-state index contributed by atoms with van der Waals surface area (Å²) in [5, 5.41) is 16.3. The molecule has 0 fully saturated rings. The van der Waals surface area contributed by atoms with Crippen molar-refractivity contribution in [3.05, 3.63) is 217 Å². The van der Waals surface area contributed by atoms with Gasteiger partial charge in [-0.05, 0) is 127 Å². The zero-order chi connectivity index (χ0) is 50.1. The summed E-state index contributed by atoms with van der Waals surface area (Å²) in [4.78, 5) is 10.8. The quantitative estimate of drug-likeness (QED) is 0.157. The topological polar surface area (TPSA) is 64.1 Å². The van der Waals surface area contributed by atoms with E-state index in [1.807, 2.05) is 18.3 Å². The SMILES string of the molecule is CC(C)c1cc(-c2ccccc2)cc(C(C)C)c1-c1ccnc(-c2cc(-c3cccc4c3nc(-c3cc5c(cc3O)oc3ccc6ccccc6c35)n4-c3ccccc3-c3ccccc3)cc(C(C)(C)C)c2)c1. The molecule has 5 heteroatoms. The summed E-state index contributed by atoms with van der Waals surface area (Å²) >= 11 is 0. The lowest BCUT2D eigenvalue weighted by Gasteiger charge is -2.23. The maximum absolute atomic E-state index is 12.2. The van der Waals surface area contributed by atoms with E-state index in [0.717, 1.165) is 82.9 Å². The van der Waals surface area contributed by atoms with Crippen molar-refractivity contribution in [2.45, 2.75) is 65.7 Å². The number of pyridine rings is 1. The van der Waals surface area contributed by atoms with Crippen LogP contribution < -0.4 is 0 Å². The lowest BCUT2D eigenvalue weighted by Crippen LogP contribution is -2.11. The first kappa shape index (κ1) is 45.6. The van der Waals surface area contributed by atoms with Gasteiger partial charge in [0.05, 0.1) is 28.0 Å². The van der Waals surface area contributed by atoms with Crippen LogP contribution in [0.1, 0.15) is 77.0 Å². The number of hydrogen-bond acceptors (Lipinski definition) is 4. The summed E-state index contributed by atoms with van der Waals surface area (Å²) < 4.78 is 8.67. The van der Waals surface area contributed by atoms with Gasteiger partial charge in [-0.15, -0.1) is 0 Å². The highest BCUT2D eigenvalue weighted by Gasteiger charge is 2.26. The number of hydrogen-bond donors (Lipinski definition) is 1. The smallest absolute Gasteiger partial charge is 0.149 e. The van der Waals surface area contributed by atoms with E-state index >= 15 is 0 Å². The molecule has 0 unspecified atom stereocenters. The molecule has 0 saturated heterocycles. The minimum absolute atomic E-state index is 0.0880. The van der Waals surface area contributed by atoms with Crippen LogP contribution in [0.5, 0.6) is 5.75 Å². The molecule has 12 aromatic rings. The second-order valence-electron chi connectivity index (χ2n) is 21.1. The van der Waals surface area contributed by atoms with Crippen LogP contribution in [-0.4, -0.2) is 19.6 Å². The Balaban J connectivity index is 1.08. The normalized spacial score (nSPS) is 12.1. The lowest BCUT2D eigenvalue weighted by molar-refractivity contribution is 0.476. The van der Waals surface area contributed by atoms with E-state index < -0.39 is 0 Å². The number of phenolic OH excluding ortho intramolecular Hbond substituents is 1. The highest BCUT2D eigenvalue weighted by Crippen LogP contribution is 2.46. The van der Waals surface area contributed by atoms with E-state index in [1.54, 1.807) is 6.07 Å². The number of furan rings is 1. The van der Waals surface area contributed by atoms with E-state index in [2.05, 4.69) is 229 Å². The molecule has 0 spiro atoms. The summed E-state index contributed by atoms with van der Waals surface area (Å²) in [6, 6.07) is 68.6. The molecule has 1 N–H and O–H groups in total. The van der Waals surface area contributed by atoms with Crippen LogP contribution in [0.2, 0.25) is 0 Å². The van der Waals surface area contributed by atoms with Crippen molar-refractivity contribution in [3.63, 3.8) is 0 Å². The Morgan fingerprint density at radius 1 is 0.507 bits per heavy atom. The molecular weight excluding hydrogens is 891 g/mol. The summed E-state index contributed by atoms with van der Waals surface area (Å²) in [6.07, 6.45) is 1.97. The van der Waals surface area contributed by atoms with Gasteiger partial charge in [-0.25, -0.2) is 4.98 Å². The van der Waals surface area contributed by atoms with E-state index in [4.69, 9.17) is 14.4 Å². The van der Waals surface area contributed by atoms with Crippen molar-refractivity contribution in [1.29, 1.82) is 0 Å². The Bertz CT molecular complexity index is 4050. The number of fused-ring (bicyclic) bond motifs is 6. The maximum atomic E-state index is 12.2. The minimum Gasteiger partial charge on any atom is -0.507 e. The van der Waals surface area contributed by atoms with Gasteiger partial charge in [-0.1, -0.05) is 188 Å². The first-order chi connectivity index (χ1) is 35.4. The van der Waals surface area contributed by atoms with Gasteiger partial charge in [0, 0.05) is 39.7 Å². The number of rotatable bonds is 9. The lowest BCUT2D eigenvalue weighted by atomic mass is 9.81. The second-order valence-corrected chi connectivity index (χ2v) is 21.1. The van der Waals surface area contributed by atoms with Crippen molar-refractivity contribution >= 4 is 43.7 Å². The van der Waals surface area contributed by atoms with Gasteiger partial charge in [-0.3, -0.25) is 9.55 Å². The molecule has 0 bridgehead atoms. The first-order valence-corrected chi connectivity index (χ1v) is 25.5. The Kier molecular flexibility index (Phi) is 11.2. The van der Waals surface area contributed by atoms with Gasteiger partial charge in [-0.2, -0.15) is 0 Å². The number of nitrogens with zero attached hydrogens (tertiary/aromatic N) is 3. The fourth-order valence-electron chi connectivity index (χ4n) is 10.9. The van der Waals surface area contributed by atoms with Crippen LogP contribution in [0.4, 0.5) is 0 Å². The zero-order valence-corrected chi connectivity index (χ0v) is 42.4. The Labute approximate surface area is 427 Å². The fourth-order valence-corrected chi connectivity index (χ4v) is 10.9. The van der Waals surface area contributed by atoms with Gasteiger partial charge in [0.2, 0.25) is 0 Å². The molecule has 73 heavy (non-hydrogen) atoms. The van der Waals surface area contributed by atoms with Crippen LogP contribution >= 0.6 is 0 Å². The number of phenols is 1. The molecule has 3 aromatic heterocycles. The molecule has 5 nitrogen and oxygen atoms in total. The van der Waals surface area contributed by atoms with Crippen molar-refractivity contribution in [3.8, 4) is 78.6 Å². The molecule has 9 aromatic carbocycles. The third-order valence-electron chi connectivity index (χ3n) is 14.6. The average Bonchev–Trinajstić information content (AvgIpc) is 3.98. The Morgan fingerprint density at radius 3 is 1.92 bits per heavy atom. The van der Waals surface area contributed by atoms with Crippen LogP contribution in [-0.2, 0) is 5.41 Å². The highest BCUT2D eigenvalue weighted by atomic mass is 16.3. The monoisotopic (exact) mass is 947 g/mol. The minimum atomic E-state index is -0.183. The van der Waals surface area contributed by atoms with E-state index in [9.17, 15) is 5.11 Å². The summed E-state index contributed by atoms with van der Waals surface area (Å²) in [5.41, 5.74) is 19.4. The third kappa shape index (κ3) is 8.06. The van der Waals surface area contributed by atoms with Crippen LogP contribution in [0.25, 0.3) is 117 Å². The van der Waals surface area contributed by atoms with Crippen molar-refractivity contribution < 1.29 is 9.52 Å². The molecular formula is C68H57N3O2. The number of para-hydroxylation sites is 2. The molecule has 0 aliphatic carbocycles. The van der Waals surface area contributed by atoms with E-state index in [0.29, 0.717) is 28.8 Å². The van der Waals surface area contributed by atoms with Crippen molar-refractivity contribution in [2.24, 2.45) is 0 Å². The average molecular weight is 948 g/mol. The number of benzene rings is 9. The summed E-state index contributed by atoms with van der Waals surface area (Å²) in [5.74, 6) is 1.32. The van der Waals surface area contributed by atoms with Crippen LogP contribution in [0, 0.1) is 0 Å². The van der Waals surface area contributed by atoms with Crippen LogP contribution in [0.15, 0.2) is 205 Å². The summed E-state index contributed by atoms with van der Waals surface area (Å²) in [7, 11) is 0. The molecule has 0 radical (unpaired) electrons. The molecule has 3 heterocycles. The van der Waals surface area contributed by atoms with E-state index in [1.165, 1.54) is 33.4 Å². The Morgan fingerprint density at radius 2 is 1.18 bits per heavy atom. The summed E-state index contributed by atoms with van der Waals surface area (Å²) in [6.45, 7) is 16.0.